The zero-order chi connectivity index (χ0) is 13.0. The molecule has 2 aromatic rings. The monoisotopic (exact) mass is 256 g/mol. The molecule has 90 valence electrons. The van der Waals surface area contributed by atoms with Crippen molar-refractivity contribution >= 4 is 17.2 Å². The number of thiophene rings is 1. The summed E-state index contributed by atoms with van der Waals surface area (Å²) in [6.45, 7) is 2.35. The molecule has 0 fully saturated rings. The average molecular weight is 256 g/mol. The number of amides is 1. The van der Waals surface area contributed by atoms with Crippen molar-refractivity contribution in [3.63, 3.8) is 0 Å². The highest BCUT2D eigenvalue weighted by molar-refractivity contribution is 7.12. The van der Waals surface area contributed by atoms with Gasteiger partial charge in [-0.15, -0.1) is 11.3 Å². The molecule has 0 aliphatic rings. The van der Waals surface area contributed by atoms with Crippen LogP contribution in [0.25, 0.3) is 0 Å². The van der Waals surface area contributed by atoms with E-state index in [0.29, 0.717) is 12.1 Å². The van der Waals surface area contributed by atoms with E-state index in [0.717, 1.165) is 16.0 Å². The number of nitrogens with zero attached hydrogens (tertiary/aromatic N) is 1. The maximum atomic E-state index is 11.9. The second kappa shape index (κ2) is 5.48. The number of rotatable bonds is 3. The first kappa shape index (κ1) is 12.3. The number of carbonyl (C=O) groups is 1. The second-order valence-electron chi connectivity index (χ2n) is 3.93. The van der Waals surface area contributed by atoms with Gasteiger partial charge in [-0.1, -0.05) is 12.1 Å². The summed E-state index contributed by atoms with van der Waals surface area (Å²) in [5, 5.41) is 13.5. The van der Waals surface area contributed by atoms with E-state index in [-0.39, 0.29) is 5.91 Å². The third-order valence-corrected chi connectivity index (χ3v) is 3.59. The van der Waals surface area contributed by atoms with Gasteiger partial charge < -0.3 is 5.32 Å². The third kappa shape index (κ3) is 2.76. The van der Waals surface area contributed by atoms with E-state index in [1.165, 1.54) is 11.3 Å². The number of benzene rings is 1. The Bertz CT molecular complexity index is 610. The van der Waals surface area contributed by atoms with Crippen molar-refractivity contribution in [3.05, 3.63) is 57.3 Å². The molecule has 0 aliphatic heterocycles. The summed E-state index contributed by atoms with van der Waals surface area (Å²) in [6.07, 6.45) is 0. The van der Waals surface area contributed by atoms with Gasteiger partial charge in [-0.2, -0.15) is 5.26 Å². The standard InChI is InChI=1S/C14H12N2OS/c1-10-5-6-18-13(10)14(17)16-9-12-4-2-3-11(7-12)8-15/h2-7H,9H2,1H3,(H,16,17). The molecule has 1 aromatic heterocycles. The van der Waals surface area contributed by atoms with Crippen LogP contribution in [0.5, 0.6) is 0 Å². The summed E-state index contributed by atoms with van der Waals surface area (Å²) in [5.41, 5.74) is 2.52. The Labute approximate surface area is 110 Å². The van der Waals surface area contributed by atoms with Crippen LogP contribution in [-0.4, -0.2) is 5.91 Å². The highest BCUT2D eigenvalue weighted by atomic mass is 32.1. The van der Waals surface area contributed by atoms with E-state index in [1.54, 1.807) is 12.1 Å². The van der Waals surface area contributed by atoms with Gasteiger partial charge in [0.25, 0.3) is 5.91 Å². The van der Waals surface area contributed by atoms with Gasteiger partial charge in [0, 0.05) is 6.54 Å². The lowest BCUT2D eigenvalue weighted by atomic mass is 10.1. The Morgan fingerprint density at radius 1 is 1.44 bits per heavy atom. The molecule has 2 rings (SSSR count). The Morgan fingerprint density at radius 2 is 2.28 bits per heavy atom. The van der Waals surface area contributed by atoms with Crippen molar-refractivity contribution in [1.82, 2.24) is 5.32 Å². The molecule has 1 heterocycles. The van der Waals surface area contributed by atoms with E-state index in [4.69, 9.17) is 5.26 Å². The van der Waals surface area contributed by atoms with Crippen LogP contribution >= 0.6 is 11.3 Å². The molecular weight excluding hydrogens is 244 g/mol. The van der Waals surface area contributed by atoms with Crippen LogP contribution in [0.15, 0.2) is 35.7 Å². The topological polar surface area (TPSA) is 52.9 Å². The molecule has 0 saturated carbocycles. The SMILES string of the molecule is Cc1ccsc1C(=O)NCc1cccc(C#N)c1. The molecule has 1 N–H and O–H groups in total. The molecule has 0 spiro atoms. The van der Waals surface area contributed by atoms with Gasteiger partial charge in [0.05, 0.1) is 16.5 Å². The van der Waals surface area contributed by atoms with Gasteiger partial charge in [0.2, 0.25) is 0 Å². The summed E-state index contributed by atoms with van der Waals surface area (Å²) in [6, 6.07) is 11.2. The van der Waals surface area contributed by atoms with E-state index < -0.39 is 0 Å². The van der Waals surface area contributed by atoms with Gasteiger partial charge in [0.15, 0.2) is 0 Å². The molecule has 0 bridgehead atoms. The predicted molar refractivity (Wildman–Crippen MR) is 71.4 cm³/mol. The zero-order valence-corrected chi connectivity index (χ0v) is 10.8. The Kier molecular flexibility index (Phi) is 3.75. The summed E-state index contributed by atoms with van der Waals surface area (Å²) in [5.74, 6) is -0.0649. The van der Waals surface area contributed by atoms with Crippen LogP contribution in [0, 0.1) is 18.3 Å². The molecule has 1 aromatic carbocycles. The number of hydrogen-bond donors (Lipinski definition) is 1. The van der Waals surface area contributed by atoms with Crippen molar-refractivity contribution in [2.45, 2.75) is 13.5 Å². The van der Waals surface area contributed by atoms with Gasteiger partial charge in [-0.3, -0.25) is 4.79 Å². The van der Waals surface area contributed by atoms with Gasteiger partial charge >= 0.3 is 0 Å². The number of nitrogens with one attached hydrogen (secondary N) is 1. The fourth-order valence-electron chi connectivity index (χ4n) is 1.62. The van der Waals surface area contributed by atoms with E-state index in [1.807, 2.05) is 30.5 Å². The van der Waals surface area contributed by atoms with Crippen molar-refractivity contribution in [3.8, 4) is 6.07 Å². The molecule has 3 nitrogen and oxygen atoms in total. The minimum Gasteiger partial charge on any atom is -0.347 e. The molecular formula is C14H12N2OS. The second-order valence-corrected chi connectivity index (χ2v) is 4.84. The smallest absolute Gasteiger partial charge is 0.261 e. The molecule has 1 amide bonds. The first-order valence-corrected chi connectivity index (χ1v) is 6.40. The number of carbonyl (C=O) groups excluding carboxylic acids is 1. The van der Waals surface area contributed by atoms with Crippen molar-refractivity contribution in [2.24, 2.45) is 0 Å². The molecule has 4 heteroatoms. The molecule has 0 aliphatic carbocycles. The van der Waals surface area contributed by atoms with Gasteiger partial charge in [0.1, 0.15) is 0 Å². The normalized spacial score (nSPS) is 9.78. The molecule has 0 radical (unpaired) electrons. The Balaban J connectivity index is 2.02. The maximum Gasteiger partial charge on any atom is 0.261 e. The van der Waals surface area contributed by atoms with Gasteiger partial charge in [-0.25, -0.2) is 0 Å². The van der Waals surface area contributed by atoms with Crippen LogP contribution in [0.1, 0.15) is 26.4 Å². The number of hydrogen-bond acceptors (Lipinski definition) is 3. The number of nitriles is 1. The van der Waals surface area contributed by atoms with E-state index in [2.05, 4.69) is 11.4 Å². The van der Waals surface area contributed by atoms with Crippen LogP contribution < -0.4 is 5.32 Å². The predicted octanol–water partition coefficient (Wildman–Crippen LogP) is 2.86. The fraction of sp³-hybridized carbons (Fsp3) is 0.143. The summed E-state index contributed by atoms with van der Waals surface area (Å²) in [7, 11) is 0. The largest absolute Gasteiger partial charge is 0.347 e. The van der Waals surface area contributed by atoms with E-state index >= 15 is 0 Å². The molecule has 0 atom stereocenters. The van der Waals surface area contributed by atoms with Crippen molar-refractivity contribution in [2.75, 3.05) is 0 Å². The zero-order valence-electron chi connectivity index (χ0n) is 9.93. The first-order valence-electron chi connectivity index (χ1n) is 5.52. The van der Waals surface area contributed by atoms with Crippen LogP contribution in [0.4, 0.5) is 0 Å². The maximum absolute atomic E-state index is 11.9. The molecule has 18 heavy (non-hydrogen) atoms. The fourth-order valence-corrected chi connectivity index (χ4v) is 2.46. The van der Waals surface area contributed by atoms with Crippen LogP contribution in [0.3, 0.4) is 0 Å². The van der Waals surface area contributed by atoms with Gasteiger partial charge in [-0.05, 0) is 41.6 Å². The lowest BCUT2D eigenvalue weighted by Gasteiger charge is -2.05. The molecule has 0 saturated heterocycles. The van der Waals surface area contributed by atoms with Crippen LogP contribution in [0.2, 0.25) is 0 Å². The summed E-state index contributed by atoms with van der Waals surface area (Å²) < 4.78 is 0. The summed E-state index contributed by atoms with van der Waals surface area (Å²) >= 11 is 1.44. The lowest BCUT2D eigenvalue weighted by molar-refractivity contribution is 0.0954. The highest BCUT2D eigenvalue weighted by Crippen LogP contribution is 2.15. The quantitative estimate of drug-likeness (QED) is 0.918. The third-order valence-electron chi connectivity index (χ3n) is 2.58. The first-order chi connectivity index (χ1) is 8.70. The Hall–Kier alpha value is -2.12. The summed E-state index contributed by atoms with van der Waals surface area (Å²) in [4.78, 5) is 12.6. The van der Waals surface area contributed by atoms with E-state index in [9.17, 15) is 4.79 Å². The highest BCUT2D eigenvalue weighted by Gasteiger charge is 2.09. The molecule has 0 unspecified atom stereocenters. The number of aryl methyl sites for hydroxylation is 1. The van der Waals surface area contributed by atoms with Crippen molar-refractivity contribution < 1.29 is 4.79 Å². The Morgan fingerprint density at radius 3 is 2.94 bits per heavy atom. The lowest BCUT2D eigenvalue weighted by Crippen LogP contribution is -2.22. The minimum atomic E-state index is -0.0649. The van der Waals surface area contributed by atoms with Crippen LogP contribution in [-0.2, 0) is 6.54 Å². The van der Waals surface area contributed by atoms with Crippen molar-refractivity contribution in [1.29, 1.82) is 5.26 Å². The average Bonchev–Trinajstić information content (AvgIpc) is 2.82. The minimum absolute atomic E-state index is 0.0649.